The van der Waals surface area contributed by atoms with Gasteiger partial charge in [0.25, 0.3) is 0 Å². The Morgan fingerprint density at radius 3 is 2.52 bits per heavy atom. The van der Waals surface area contributed by atoms with E-state index in [1.54, 1.807) is 12.1 Å². The van der Waals surface area contributed by atoms with Crippen molar-refractivity contribution in [2.45, 2.75) is 44.1 Å². The standard InChI is InChI=1S/C27H27F3N2O/c28-27(29,30)23-10-8-18(9-11-23)21-15-20-12-14-33-26(20)22(16-21)17-32-24-7-4-13-31-25(24)19-5-2-1-3-6-19/h1-3,5-6,8-11,15-16,24-25,31-32H,4,7,12-14,17H2/t24-,25-/m0/s1. The normalized spacial score (nSPS) is 20.3. The molecular formula is C27H27F3N2O. The van der Waals surface area contributed by atoms with Gasteiger partial charge < -0.3 is 15.4 Å². The summed E-state index contributed by atoms with van der Waals surface area (Å²) < 4.78 is 44.8. The summed E-state index contributed by atoms with van der Waals surface area (Å²) in [6, 6.07) is 20.5. The molecular weight excluding hydrogens is 425 g/mol. The predicted molar refractivity (Wildman–Crippen MR) is 123 cm³/mol. The molecule has 172 valence electrons. The lowest BCUT2D eigenvalue weighted by Crippen LogP contribution is -2.45. The van der Waals surface area contributed by atoms with E-state index in [1.165, 1.54) is 5.56 Å². The molecule has 3 aromatic rings. The number of fused-ring (bicyclic) bond motifs is 1. The summed E-state index contributed by atoms with van der Waals surface area (Å²) in [5.74, 6) is 0.915. The van der Waals surface area contributed by atoms with Gasteiger partial charge in [-0.2, -0.15) is 13.2 Å². The first-order valence-electron chi connectivity index (χ1n) is 11.5. The Morgan fingerprint density at radius 2 is 1.76 bits per heavy atom. The van der Waals surface area contributed by atoms with Crippen molar-refractivity contribution < 1.29 is 17.9 Å². The van der Waals surface area contributed by atoms with Gasteiger partial charge in [-0.3, -0.25) is 0 Å². The summed E-state index contributed by atoms with van der Waals surface area (Å²) in [4.78, 5) is 0. The van der Waals surface area contributed by atoms with E-state index < -0.39 is 11.7 Å². The second-order valence-electron chi connectivity index (χ2n) is 8.77. The SMILES string of the molecule is FC(F)(F)c1ccc(-c2cc3c(c(CN[C@H]4CCCN[C@H]4c4ccccc4)c2)OCC3)cc1. The minimum absolute atomic E-state index is 0.243. The number of ether oxygens (including phenoxy) is 1. The number of alkyl halides is 3. The van der Waals surface area contributed by atoms with Crippen LogP contribution in [0.2, 0.25) is 0 Å². The molecule has 0 radical (unpaired) electrons. The number of piperidine rings is 1. The quantitative estimate of drug-likeness (QED) is 0.506. The highest BCUT2D eigenvalue weighted by molar-refractivity contribution is 5.68. The number of rotatable bonds is 5. The van der Waals surface area contributed by atoms with E-state index in [0.29, 0.717) is 13.2 Å². The van der Waals surface area contributed by atoms with Gasteiger partial charge in [-0.15, -0.1) is 0 Å². The highest BCUT2D eigenvalue weighted by atomic mass is 19.4. The fourth-order valence-corrected chi connectivity index (χ4v) is 4.90. The van der Waals surface area contributed by atoms with Crippen LogP contribution < -0.4 is 15.4 Å². The Kier molecular flexibility index (Phi) is 6.13. The summed E-state index contributed by atoms with van der Waals surface area (Å²) in [5, 5.41) is 7.38. The molecule has 0 bridgehead atoms. The molecule has 2 heterocycles. The van der Waals surface area contributed by atoms with E-state index in [2.05, 4.69) is 34.9 Å². The second kappa shape index (κ2) is 9.20. The van der Waals surface area contributed by atoms with Gasteiger partial charge in [-0.05, 0) is 65.9 Å². The maximum Gasteiger partial charge on any atom is 0.416 e. The third-order valence-electron chi connectivity index (χ3n) is 6.58. The molecule has 6 heteroatoms. The van der Waals surface area contributed by atoms with Gasteiger partial charge in [0.1, 0.15) is 5.75 Å². The van der Waals surface area contributed by atoms with Crippen molar-refractivity contribution in [2.75, 3.05) is 13.2 Å². The summed E-state index contributed by atoms with van der Waals surface area (Å²) in [7, 11) is 0. The van der Waals surface area contributed by atoms with Gasteiger partial charge in [0, 0.05) is 30.6 Å². The first-order valence-corrected chi connectivity index (χ1v) is 11.5. The summed E-state index contributed by atoms with van der Waals surface area (Å²) in [5.41, 5.74) is 4.51. The molecule has 2 aliphatic heterocycles. The Labute approximate surface area is 192 Å². The Morgan fingerprint density at radius 1 is 0.970 bits per heavy atom. The van der Waals surface area contributed by atoms with E-state index in [9.17, 15) is 13.2 Å². The van der Waals surface area contributed by atoms with Gasteiger partial charge in [-0.25, -0.2) is 0 Å². The van der Waals surface area contributed by atoms with Crippen LogP contribution in [0.5, 0.6) is 5.75 Å². The minimum atomic E-state index is -4.33. The molecule has 0 aromatic heterocycles. The van der Waals surface area contributed by atoms with Gasteiger partial charge in [-0.1, -0.05) is 42.5 Å². The van der Waals surface area contributed by atoms with Crippen LogP contribution in [0.4, 0.5) is 13.2 Å². The summed E-state index contributed by atoms with van der Waals surface area (Å²) >= 11 is 0. The monoisotopic (exact) mass is 452 g/mol. The molecule has 2 N–H and O–H groups in total. The lowest BCUT2D eigenvalue weighted by molar-refractivity contribution is -0.137. The topological polar surface area (TPSA) is 33.3 Å². The highest BCUT2D eigenvalue weighted by Crippen LogP contribution is 2.36. The zero-order chi connectivity index (χ0) is 22.8. The second-order valence-corrected chi connectivity index (χ2v) is 8.77. The van der Waals surface area contributed by atoms with Crippen LogP contribution in [0, 0.1) is 0 Å². The van der Waals surface area contributed by atoms with E-state index in [4.69, 9.17) is 4.74 Å². The molecule has 2 aliphatic rings. The van der Waals surface area contributed by atoms with E-state index in [0.717, 1.165) is 65.9 Å². The number of hydrogen-bond donors (Lipinski definition) is 2. The summed E-state index contributed by atoms with van der Waals surface area (Å²) in [6.45, 7) is 2.28. The number of halogens is 3. The first kappa shape index (κ1) is 22.0. The van der Waals surface area contributed by atoms with E-state index in [1.807, 2.05) is 18.2 Å². The van der Waals surface area contributed by atoms with Crippen LogP contribution in [0.1, 0.15) is 41.1 Å². The van der Waals surface area contributed by atoms with Crippen molar-refractivity contribution >= 4 is 0 Å². The van der Waals surface area contributed by atoms with Crippen molar-refractivity contribution in [3.8, 4) is 16.9 Å². The highest BCUT2D eigenvalue weighted by Gasteiger charge is 2.30. The van der Waals surface area contributed by atoms with Crippen LogP contribution in [-0.4, -0.2) is 19.2 Å². The van der Waals surface area contributed by atoms with Crippen LogP contribution >= 0.6 is 0 Å². The zero-order valence-corrected chi connectivity index (χ0v) is 18.3. The molecule has 1 fully saturated rings. The van der Waals surface area contributed by atoms with Crippen LogP contribution in [0.25, 0.3) is 11.1 Å². The van der Waals surface area contributed by atoms with Crippen molar-refractivity contribution in [1.82, 2.24) is 10.6 Å². The molecule has 0 amide bonds. The van der Waals surface area contributed by atoms with Crippen LogP contribution in [0.15, 0.2) is 66.7 Å². The fraction of sp³-hybridized carbons (Fsp3) is 0.333. The van der Waals surface area contributed by atoms with Crippen molar-refractivity contribution in [1.29, 1.82) is 0 Å². The van der Waals surface area contributed by atoms with Crippen molar-refractivity contribution in [3.05, 3.63) is 89.0 Å². The largest absolute Gasteiger partial charge is 0.493 e. The average Bonchev–Trinajstić information content (AvgIpc) is 3.32. The molecule has 33 heavy (non-hydrogen) atoms. The van der Waals surface area contributed by atoms with Crippen molar-refractivity contribution in [2.24, 2.45) is 0 Å². The molecule has 2 atom stereocenters. The van der Waals surface area contributed by atoms with Gasteiger partial charge in [0.2, 0.25) is 0 Å². The van der Waals surface area contributed by atoms with Gasteiger partial charge in [0.05, 0.1) is 12.2 Å². The summed E-state index contributed by atoms with van der Waals surface area (Å²) in [6.07, 6.45) is -1.33. The third-order valence-corrected chi connectivity index (χ3v) is 6.58. The lowest BCUT2D eigenvalue weighted by Gasteiger charge is -2.34. The Balaban J connectivity index is 1.39. The first-order chi connectivity index (χ1) is 16.0. The van der Waals surface area contributed by atoms with Crippen LogP contribution in [0.3, 0.4) is 0 Å². The zero-order valence-electron chi connectivity index (χ0n) is 18.3. The molecule has 5 rings (SSSR count). The number of nitrogens with one attached hydrogen (secondary N) is 2. The molecule has 3 nitrogen and oxygen atoms in total. The van der Waals surface area contributed by atoms with Crippen molar-refractivity contribution in [3.63, 3.8) is 0 Å². The Bertz CT molecular complexity index is 1100. The van der Waals surface area contributed by atoms with Crippen LogP contribution in [-0.2, 0) is 19.1 Å². The molecule has 3 aromatic carbocycles. The molecule has 1 saturated heterocycles. The lowest BCUT2D eigenvalue weighted by atomic mass is 9.91. The Hall–Kier alpha value is -2.83. The molecule has 0 unspecified atom stereocenters. The maximum atomic E-state index is 13.0. The average molecular weight is 453 g/mol. The van der Waals surface area contributed by atoms with Gasteiger partial charge >= 0.3 is 6.18 Å². The molecule has 0 spiro atoms. The fourth-order valence-electron chi connectivity index (χ4n) is 4.90. The third kappa shape index (κ3) is 4.77. The van der Waals surface area contributed by atoms with Gasteiger partial charge in [0.15, 0.2) is 0 Å². The number of benzene rings is 3. The maximum absolute atomic E-state index is 13.0. The predicted octanol–water partition coefficient (Wildman–Crippen LogP) is 5.89. The van der Waals surface area contributed by atoms with E-state index >= 15 is 0 Å². The molecule has 0 aliphatic carbocycles. The molecule has 0 saturated carbocycles. The number of hydrogen-bond acceptors (Lipinski definition) is 3. The van der Waals surface area contributed by atoms with E-state index in [-0.39, 0.29) is 12.1 Å². The smallest absolute Gasteiger partial charge is 0.416 e. The minimum Gasteiger partial charge on any atom is -0.493 e.